The first-order chi connectivity index (χ1) is 18.4. The number of furan rings is 1. The Hall–Kier alpha value is -3.14. The molecule has 0 aliphatic carbocycles. The Morgan fingerprint density at radius 3 is 2.53 bits per heavy atom. The molecule has 2 aliphatic rings. The summed E-state index contributed by atoms with van der Waals surface area (Å²) >= 11 is 8.44. The zero-order valence-corrected chi connectivity index (χ0v) is 22.4. The molecule has 194 valence electrons. The summed E-state index contributed by atoms with van der Waals surface area (Å²) in [6.45, 7) is -0.00294. The second-order valence-corrected chi connectivity index (χ2v) is 12.4. The second-order valence-electron chi connectivity index (χ2n) is 9.45. The molecule has 2 N–H and O–H groups in total. The Bertz CT molecular complexity index is 1580. The third-order valence-corrected chi connectivity index (χ3v) is 10.3. The van der Waals surface area contributed by atoms with Crippen LogP contribution in [-0.2, 0) is 26.7 Å². The smallest absolute Gasteiger partial charge is 0.325 e. The van der Waals surface area contributed by atoms with Gasteiger partial charge in [0, 0.05) is 21.5 Å². The molecule has 3 heterocycles. The number of β-lactam (4-membered cyclic amide) rings is 1. The van der Waals surface area contributed by atoms with E-state index in [1.807, 2.05) is 66.7 Å². The van der Waals surface area contributed by atoms with Crippen LogP contribution in [0.15, 0.2) is 76.0 Å². The van der Waals surface area contributed by atoms with E-state index in [0.29, 0.717) is 28.4 Å². The van der Waals surface area contributed by atoms with Crippen molar-refractivity contribution in [2.45, 2.75) is 39.1 Å². The van der Waals surface area contributed by atoms with E-state index in [0.717, 1.165) is 33.7 Å². The molecular weight excluding hydrogens is 544 g/mol. The van der Waals surface area contributed by atoms with Crippen LogP contribution in [0.3, 0.4) is 0 Å². The van der Waals surface area contributed by atoms with E-state index >= 15 is 0 Å². The zero-order valence-electron chi connectivity index (χ0n) is 20.1. The van der Waals surface area contributed by atoms with Crippen LogP contribution in [-0.4, -0.2) is 49.8 Å². The fourth-order valence-electron chi connectivity index (χ4n) is 4.94. The zero-order chi connectivity index (χ0) is 26.4. The summed E-state index contributed by atoms with van der Waals surface area (Å²) in [6.07, 6.45) is 0.478. The summed E-state index contributed by atoms with van der Waals surface area (Å²) in [7, 11) is 0. The van der Waals surface area contributed by atoms with Gasteiger partial charge in [-0.25, -0.2) is 0 Å². The number of hydrogen-bond acceptors (Lipinski definition) is 6. The summed E-state index contributed by atoms with van der Waals surface area (Å²) in [5, 5.41) is 14.5. The number of nitrogens with zero attached hydrogens (tertiary/aromatic N) is 1. The lowest BCUT2D eigenvalue weighted by atomic mass is 10.0. The van der Waals surface area contributed by atoms with Crippen molar-refractivity contribution >= 4 is 74.8 Å². The lowest BCUT2D eigenvalue weighted by molar-refractivity contribution is -0.147. The molecule has 0 spiro atoms. The van der Waals surface area contributed by atoms with Gasteiger partial charge in [0.2, 0.25) is 11.8 Å². The normalized spacial score (nSPS) is 22.8. The van der Waals surface area contributed by atoms with Crippen LogP contribution in [0, 0.1) is 0 Å². The molecule has 1 aromatic heterocycles. The lowest BCUT2D eigenvalue weighted by Gasteiger charge is -2.53. The quantitative estimate of drug-likeness (QED) is 0.233. The molecule has 2 saturated heterocycles. The van der Waals surface area contributed by atoms with E-state index in [1.165, 1.54) is 11.8 Å². The number of fused-ring (bicyclic) bond motifs is 4. The van der Waals surface area contributed by atoms with Gasteiger partial charge in [0.1, 0.15) is 16.5 Å². The molecule has 6 rings (SSSR count). The van der Waals surface area contributed by atoms with E-state index in [1.54, 1.807) is 4.90 Å². The number of hydrogen-bond donors (Lipinski definition) is 2. The first-order valence-electron chi connectivity index (χ1n) is 12.1. The van der Waals surface area contributed by atoms with Crippen LogP contribution in [0.25, 0.3) is 21.9 Å². The third kappa shape index (κ3) is 4.42. The van der Waals surface area contributed by atoms with Crippen molar-refractivity contribution in [3.8, 4) is 0 Å². The minimum absolute atomic E-state index is 0.00294. The van der Waals surface area contributed by atoms with Crippen LogP contribution in [0.5, 0.6) is 0 Å². The number of halogens is 1. The molecule has 0 radical (unpaired) electrons. The molecule has 10 heteroatoms. The van der Waals surface area contributed by atoms with Crippen molar-refractivity contribution in [2.24, 2.45) is 0 Å². The topological polar surface area (TPSA) is 99.9 Å². The van der Waals surface area contributed by atoms with Gasteiger partial charge < -0.3 is 19.7 Å². The lowest BCUT2D eigenvalue weighted by Crippen LogP contribution is -2.69. The molecule has 3 atom stereocenters. The molecule has 2 unspecified atom stereocenters. The van der Waals surface area contributed by atoms with Crippen molar-refractivity contribution < 1.29 is 23.9 Å². The second kappa shape index (κ2) is 9.87. The fraction of sp³-hybridized carbons (Fsp3) is 0.250. The minimum atomic E-state index is -1.49. The summed E-state index contributed by atoms with van der Waals surface area (Å²) < 4.78 is 4.59. The van der Waals surface area contributed by atoms with Gasteiger partial charge in [0.25, 0.3) is 0 Å². The molecule has 38 heavy (non-hydrogen) atoms. The predicted molar refractivity (Wildman–Crippen MR) is 149 cm³/mol. The summed E-state index contributed by atoms with van der Waals surface area (Å²) in [5.41, 5.74) is 3.12. The number of aliphatic carboxylic acids is 1. The number of carboxylic acids is 1. The van der Waals surface area contributed by atoms with Crippen molar-refractivity contribution in [3.05, 3.63) is 77.9 Å². The first-order valence-corrected chi connectivity index (χ1v) is 14.4. The van der Waals surface area contributed by atoms with Crippen LogP contribution < -0.4 is 5.32 Å². The van der Waals surface area contributed by atoms with Gasteiger partial charge in [0.05, 0.1) is 24.8 Å². The molecule has 2 aliphatic heterocycles. The molecule has 7 nitrogen and oxygen atoms in total. The van der Waals surface area contributed by atoms with E-state index in [9.17, 15) is 19.5 Å². The van der Waals surface area contributed by atoms with Crippen LogP contribution in [0.4, 0.5) is 0 Å². The molecule has 0 bridgehead atoms. The predicted octanol–water partition coefficient (Wildman–Crippen LogP) is 5.23. The highest BCUT2D eigenvalue weighted by Gasteiger charge is 2.58. The highest BCUT2D eigenvalue weighted by molar-refractivity contribution is 8.05. The summed E-state index contributed by atoms with van der Waals surface area (Å²) in [6, 6.07) is 20.7. The molecule has 3 aromatic carbocycles. The van der Waals surface area contributed by atoms with E-state index < -0.39 is 16.1 Å². The number of rotatable bonds is 7. The molecule has 0 saturated carbocycles. The van der Waals surface area contributed by atoms with Gasteiger partial charge >= 0.3 is 5.97 Å². The maximum atomic E-state index is 13.0. The number of amides is 2. The summed E-state index contributed by atoms with van der Waals surface area (Å²) in [4.78, 5) is 40.5. The number of carbonyl (C=O) groups is 3. The van der Waals surface area contributed by atoms with Gasteiger partial charge in [-0.05, 0) is 35.4 Å². The van der Waals surface area contributed by atoms with Gasteiger partial charge in [0.15, 0.2) is 4.75 Å². The third-order valence-electron chi connectivity index (χ3n) is 6.96. The first kappa shape index (κ1) is 25.2. The average Bonchev–Trinajstić information content (AvgIpc) is 3.27. The number of thioether (sulfide) groups is 2. The number of benzene rings is 3. The fourth-order valence-corrected chi connectivity index (χ4v) is 8.08. The van der Waals surface area contributed by atoms with Gasteiger partial charge in [-0.1, -0.05) is 42.5 Å². The Labute approximate surface area is 231 Å². The van der Waals surface area contributed by atoms with Crippen molar-refractivity contribution in [1.82, 2.24) is 10.2 Å². The maximum Gasteiger partial charge on any atom is 0.325 e. The highest BCUT2D eigenvalue weighted by atomic mass is 35.5. The molecular formula is C28H23ClN2O5S2. The molecule has 2 amide bonds. The van der Waals surface area contributed by atoms with Crippen molar-refractivity contribution in [3.63, 3.8) is 0 Å². The van der Waals surface area contributed by atoms with Gasteiger partial charge in [-0.15, -0.1) is 35.1 Å². The Kier molecular flexibility index (Phi) is 6.53. The Balaban J connectivity index is 1.33. The monoisotopic (exact) mass is 566 g/mol. The SMILES string of the molecule is O=C(Cc1ccccc1)NC1S[C@@H]2CC(=O)N2CC1(Sc1ccc2c(c1)oc1cc(CCl)ccc12)C(=O)O. The number of carbonyl (C=O) groups excluding carboxylic acids is 2. The van der Waals surface area contributed by atoms with Crippen LogP contribution in [0.1, 0.15) is 17.5 Å². The largest absolute Gasteiger partial charge is 0.480 e. The minimum Gasteiger partial charge on any atom is -0.480 e. The van der Waals surface area contributed by atoms with E-state index in [-0.39, 0.29) is 30.2 Å². The van der Waals surface area contributed by atoms with Crippen LogP contribution in [0.2, 0.25) is 0 Å². The highest BCUT2D eigenvalue weighted by Crippen LogP contribution is 2.50. The molecule has 2 fully saturated rings. The number of nitrogens with one attached hydrogen (secondary N) is 1. The standard InChI is InChI=1S/C28H23ClN2O5S2/c29-14-17-6-8-19-20-9-7-18(12-22(20)36-21(19)10-17)38-28(27(34)35)15-31-24(33)13-25(31)37-26(28)30-23(32)11-16-4-2-1-3-5-16/h1-10,12,25-26H,11,13-15H2,(H,30,32)(H,34,35)/t25-,26?,28?/m1/s1. The van der Waals surface area contributed by atoms with Crippen molar-refractivity contribution in [2.75, 3.05) is 6.54 Å². The van der Waals surface area contributed by atoms with Gasteiger partial charge in [-0.2, -0.15) is 0 Å². The maximum absolute atomic E-state index is 13.0. The molecule has 4 aromatic rings. The average molecular weight is 567 g/mol. The van der Waals surface area contributed by atoms with E-state index in [4.69, 9.17) is 16.0 Å². The Morgan fingerprint density at radius 1 is 1.08 bits per heavy atom. The number of alkyl halides is 1. The van der Waals surface area contributed by atoms with E-state index in [2.05, 4.69) is 5.32 Å². The van der Waals surface area contributed by atoms with Gasteiger partial charge in [-0.3, -0.25) is 14.4 Å². The number of carboxylic acid groups (broad SMARTS) is 1. The Morgan fingerprint density at radius 2 is 1.82 bits per heavy atom. The van der Waals surface area contributed by atoms with Crippen LogP contribution >= 0.6 is 35.1 Å². The van der Waals surface area contributed by atoms with Crippen molar-refractivity contribution in [1.29, 1.82) is 0 Å². The summed E-state index contributed by atoms with van der Waals surface area (Å²) in [5.74, 6) is -1.05.